The van der Waals surface area contributed by atoms with Crippen LogP contribution in [0.5, 0.6) is 0 Å². The Kier molecular flexibility index (Phi) is 3.07. The minimum absolute atomic E-state index is 0.0154. The van der Waals surface area contributed by atoms with Crippen molar-refractivity contribution < 1.29 is 4.79 Å². The Morgan fingerprint density at radius 2 is 2.21 bits per heavy atom. The molecule has 1 aromatic heterocycles. The molecular formula is C11H13NOS. The van der Waals surface area contributed by atoms with E-state index < -0.39 is 11.3 Å². The van der Waals surface area contributed by atoms with Crippen molar-refractivity contribution in [3.8, 4) is 6.07 Å². The average Bonchev–Trinajstić information content (AvgIpc) is 2.57. The van der Waals surface area contributed by atoms with Crippen molar-refractivity contribution in [2.24, 2.45) is 5.41 Å². The van der Waals surface area contributed by atoms with Gasteiger partial charge in [-0.1, -0.05) is 20.8 Å². The summed E-state index contributed by atoms with van der Waals surface area (Å²) in [5.41, 5.74) is 0.361. The van der Waals surface area contributed by atoms with Crippen LogP contribution in [-0.2, 0) is 4.79 Å². The van der Waals surface area contributed by atoms with Crippen LogP contribution < -0.4 is 0 Å². The first kappa shape index (κ1) is 10.9. The van der Waals surface area contributed by atoms with Crippen molar-refractivity contribution >= 4 is 17.1 Å². The fourth-order valence-electron chi connectivity index (χ4n) is 1.16. The Hall–Kier alpha value is -1.14. The number of nitriles is 1. The van der Waals surface area contributed by atoms with Crippen LogP contribution in [-0.4, -0.2) is 5.78 Å². The topological polar surface area (TPSA) is 40.9 Å². The van der Waals surface area contributed by atoms with E-state index in [1.807, 2.05) is 37.6 Å². The van der Waals surface area contributed by atoms with E-state index in [1.165, 1.54) is 11.3 Å². The van der Waals surface area contributed by atoms with E-state index in [4.69, 9.17) is 5.26 Å². The number of hydrogen-bond donors (Lipinski definition) is 0. The van der Waals surface area contributed by atoms with Crippen LogP contribution in [0.3, 0.4) is 0 Å². The lowest BCUT2D eigenvalue weighted by Crippen LogP contribution is -2.25. The number of carbonyl (C=O) groups excluding carboxylic acids is 1. The second-order valence-electron chi connectivity index (χ2n) is 4.23. The second-order valence-corrected chi connectivity index (χ2v) is 5.01. The van der Waals surface area contributed by atoms with Crippen LogP contribution in [0.15, 0.2) is 16.8 Å². The molecule has 0 aliphatic heterocycles. The summed E-state index contributed by atoms with van der Waals surface area (Å²) in [7, 11) is 0. The quantitative estimate of drug-likeness (QED) is 0.748. The normalized spacial score (nSPS) is 13.3. The summed E-state index contributed by atoms with van der Waals surface area (Å²) < 4.78 is 0. The highest BCUT2D eigenvalue weighted by atomic mass is 32.1. The largest absolute Gasteiger partial charge is 0.297 e. The molecule has 0 aromatic carbocycles. The molecular weight excluding hydrogens is 194 g/mol. The van der Waals surface area contributed by atoms with Crippen molar-refractivity contribution in [3.63, 3.8) is 0 Å². The molecule has 1 rings (SSSR count). The molecule has 1 unspecified atom stereocenters. The van der Waals surface area contributed by atoms with Crippen molar-refractivity contribution in [2.45, 2.75) is 26.7 Å². The summed E-state index contributed by atoms with van der Waals surface area (Å²) in [6.45, 7) is 5.52. The van der Waals surface area contributed by atoms with Crippen LogP contribution in [0.25, 0.3) is 0 Å². The van der Waals surface area contributed by atoms with Gasteiger partial charge in [-0.25, -0.2) is 0 Å². The minimum atomic E-state index is -0.610. The van der Waals surface area contributed by atoms with Gasteiger partial charge < -0.3 is 0 Å². The van der Waals surface area contributed by atoms with E-state index in [1.54, 1.807) is 0 Å². The number of rotatable bonds is 2. The summed E-state index contributed by atoms with van der Waals surface area (Å²) in [5, 5.41) is 12.7. The van der Waals surface area contributed by atoms with E-state index >= 15 is 0 Å². The maximum absolute atomic E-state index is 11.9. The van der Waals surface area contributed by atoms with E-state index in [0.717, 1.165) is 5.56 Å². The lowest BCUT2D eigenvalue weighted by Gasteiger charge is -2.19. The third-order valence-corrected chi connectivity index (χ3v) is 2.71. The van der Waals surface area contributed by atoms with Crippen molar-refractivity contribution in [1.82, 2.24) is 0 Å². The molecule has 0 spiro atoms. The third kappa shape index (κ3) is 2.21. The van der Waals surface area contributed by atoms with E-state index in [0.29, 0.717) is 0 Å². The zero-order chi connectivity index (χ0) is 10.8. The van der Waals surface area contributed by atoms with Gasteiger partial charge in [0.2, 0.25) is 0 Å². The first-order valence-electron chi connectivity index (χ1n) is 4.43. The predicted octanol–water partition coefficient (Wildman–Crippen LogP) is 2.97. The number of nitrogens with zero attached hydrogens (tertiary/aromatic N) is 1. The lowest BCUT2D eigenvalue weighted by molar-refractivity contribution is -0.126. The molecule has 0 aliphatic rings. The van der Waals surface area contributed by atoms with Gasteiger partial charge in [0.25, 0.3) is 0 Å². The zero-order valence-electron chi connectivity index (χ0n) is 8.57. The molecule has 1 atom stereocenters. The van der Waals surface area contributed by atoms with Gasteiger partial charge in [-0.3, -0.25) is 4.79 Å². The Labute approximate surface area is 88.2 Å². The van der Waals surface area contributed by atoms with Gasteiger partial charge in [-0.15, -0.1) is 0 Å². The van der Waals surface area contributed by atoms with Gasteiger partial charge in [0, 0.05) is 5.41 Å². The number of thiophene rings is 1. The van der Waals surface area contributed by atoms with Crippen LogP contribution in [0.2, 0.25) is 0 Å². The van der Waals surface area contributed by atoms with Crippen molar-refractivity contribution in [1.29, 1.82) is 5.26 Å². The summed E-state index contributed by atoms with van der Waals surface area (Å²) >= 11 is 1.51. The van der Waals surface area contributed by atoms with Gasteiger partial charge in [-0.2, -0.15) is 16.6 Å². The molecule has 74 valence electrons. The first-order chi connectivity index (χ1) is 6.46. The third-order valence-electron chi connectivity index (χ3n) is 2.01. The first-order valence-corrected chi connectivity index (χ1v) is 5.37. The molecule has 0 N–H and O–H groups in total. The van der Waals surface area contributed by atoms with Crippen LogP contribution >= 0.6 is 11.3 Å². The highest BCUT2D eigenvalue weighted by molar-refractivity contribution is 7.08. The van der Waals surface area contributed by atoms with E-state index in [-0.39, 0.29) is 5.78 Å². The predicted molar refractivity (Wildman–Crippen MR) is 57.1 cm³/mol. The molecule has 0 amide bonds. The van der Waals surface area contributed by atoms with Crippen LogP contribution in [0.1, 0.15) is 32.3 Å². The van der Waals surface area contributed by atoms with Crippen LogP contribution in [0, 0.1) is 16.7 Å². The maximum Gasteiger partial charge on any atom is 0.159 e. The number of Topliss-reactive ketones (excluding diaryl/α,β-unsaturated/α-hetero) is 1. The van der Waals surface area contributed by atoms with E-state index in [9.17, 15) is 4.79 Å². The summed E-state index contributed by atoms with van der Waals surface area (Å²) in [6.07, 6.45) is 0. The van der Waals surface area contributed by atoms with Gasteiger partial charge in [0.05, 0.1) is 6.07 Å². The highest BCUT2D eigenvalue weighted by Crippen LogP contribution is 2.27. The SMILES string of the molecule is CC(C)(C)C(=O)C(C#N)c1ccsc1. The van der Waals surface area contributed by atoms with Crippen molar-refractivity contribution in [2.75, 3.05) is 0 Å². The average molecular weight is 207 g/mol. The smallest absolute Gasteiger partial charge is 0.159 e. The second kappa shape index (κ2) is 3.93. The van der Waals surface area contributed by atoms with Crippen LogP contribution in [0.4, 0.5) is 0 Å². The van der Waals surface area contributed by atoms with Gasteiger partial charge >= 0.3 is 0 Å². The Morgan fingerprint density at radius 3 is 2.57 bits per heavy atom. The van der Waals surface area contributed by atoms with E-state index in [2.05, 4.69) is 6.07 Å². The minimum Gasteiger partial charge on any atom is -0.297 e. The molecule has 1 aromatic rings. The van der Waals surface area contributed by atoms with Crippen molar-refractivity contribution in [3.05, 3.63) is 22.4 Å². The highest BCUT2D eigenvalue weighted by Gasteiger charge is 2.30. The monoisotopic (exact) mass is 207 g/mol. The fourth-order valence-corrected chi connectivity index (χ4v) is 1.84. The number of hydrogen-bond acceptors (Lipinski definition) is 3. The lowest BCUT2D eigenvalue weighted by atomic mass is 9.81. The molecule has 3 heteroatoms. The number of carbonyl (C=O) groups is 1. The summed E-state index contributed by atoms with van der Waals surface area (Å²) in [5.74, 6) is -0.625. The Bertz CT molecular complexity index is 354. The molecule has 0 radical (unpaired) electrons. The fraction of sp³-hybridized carbons (Fsp3) is 0.455. The van der Waals surface area contributed by atoms with Gasteiger partial charge in [-0.05, 0) is 22.4 Å². The molecule has 0 fully saturated rings. The molecule has 2 nitrogen and oxygen atoms in total. The molecule has 0 saturated carbocycles. The maximum atomic E-state index is 11.9. The molecule has 0 aliphatic carbocycles. The molecule has 0 bridgehead atoms. The summed E-state index contributed by atoms with van der Waals surface area (Å²) in [4.78, 5) is 11.9. The Balaban J connectivity index is 2.96. The zero-order valence-corrected chi connectivity index (χ0v) is 9.39. The standard InChI is InChI=1S/C11H13NOS/c1-11(2,3)10(13)9(6-12)8-4-5-14-7-8/h4-5,7,9H,1-3H3. The van der Waals surface area contributed by atoms with Gasteiger partial charge in [0.1, 0.15) is 5.92 Å². The van der Waals surface area contributed by atoms with Gasteiger partial charge in [0.15, 0.2) is 5.78 Å². The number of ketones is 1. The molecule has 14 heavy (non-hydrogen) atoms. The summed E-state index contributed by atoms with van der Waals surface area (Å²) in [6, 6.07) is 3.90. The molecule has 0 saturated heterocycles. The Morgan fingerprint density at radius 1 is 1.57 bits per heavy atom. The molecule has 1 heterocycles.